The summed E-state index contributed by atoms with van der Waals surface area (Å²) in [5, 5.41) is 0. The van der Waals surface area contributed by atoms with Gasteiger partial charge in [-0.25, -0.2) is 0 Å². The van der Waals surface area contributed by atoms with Gasteiger partial charge < -0.3 is 0 Å². The normalized spacial score (nSPS) is 11.3. The van der Waals surface area contributed by atoms with Crippen LogP contribution in [-0.4, -0.2) is 12.2 Å². The second-order valence-corrected chi connectivity index (χ2v) is 3.64. The molecule has 0 aromatic rings. The van der Waals surface area contributed by atoms with E-state index in [-0.39, 0.29) is 0 Å². The maximum atomic E-state index is 5.26. The molecule has 0 fully saturated rings. The molecular weight excluding hydrogens is 200 g/mol. The van der Waals surface area contributed by atoms with Crippen LogP contribution in [0, 0.1) is 0 Å². The molecule has 0 atom stereocenters. The molecular formula is C6H14MoO2. The van der Waals surface area contributed by atoms with Gasteiger partial charge in [-0.15, -0.1) is 0 Å². The summed E-state index contributed by atoms with van der Waals surface area (Å²) in [6, 6.07) is 0. The molecule has 0 aliphatic heterocycles. The predicted molar refractivity (Wildman–Crippen MR) is 32.4 cm³/mol. The van der Waals surface area contributed by atoms with Crippen molar-refractivity contribution in [2.24, 2.45) is 0 Å². The van der Waals surface area contributed by atoms with Gasteiger partial charge in [0.25, 0.3) is 0 Å². The summed E-state index contributed by atoms with van der Waals surface area (Å²) in [6.07, 6.45) is 0.650. The molecule has 56 valence electrons. The van der Waals surface area contributed by atoms with E-state index in [4.69, 9.17) is 6.78 Å². The van der Waals surface area contributed by atoms with Gasteiger partial charge in [-0.1, -0.05) is 0 Å². The molecule has 9 heavy (non-hydrogen) atoms. The van der Waals surface area contributed by atoms with E-state index in [9.17, 15) is 0 Å². The third-order valence-electron chi connectivity index (χ3n) is 0.463. The average Bonchev–Trinajstić information content (AvgIpc) is 1.63. The fourth-order valence-electron chi connectivity index (χ4n) is 0.180. The van der Waals surface area contributed by atoms with Crippen molar-refractivity contribution in [3.63, 3.8) is 0 Å². The third-order valence-corrected chi connectivity index (χ3v) is 2.74. The maximum absolute atomic E-state index is 5.26. The van der Waals surface area contributed by atoms with Crippen LogP contribution in [0.25, 0.3) is 0 Å². The second-order valence-electron chi connectivity index (χ2n) is 2.36. The number of hydrogen-bond donors (Lipinski definition) is 0. The summed E-state index contributed by atoms with van der Waals surface area (Å²) in [4.78, 5) is 0. The molecule has 0 amide bonds. The van der Waals surface area contributed by atoms with Crippen LogP contribution in [0.15, 0.2) is 0 Å². The molecule has 0 aliphatic carbocycles. The van der Waals surface area contributed by atoms with Gasteiger partial charge in [-0.3, -0.25) is 0 Å². The Bertz CT molecular complexity index is 56.1. The van der Waals surface area contributed by atoms with E-state index in [0.29, 0.717) is 12.2 Å². The zero-order chi connectivity index (χ0) is 7.28. The average molecular weight is 214 g/mol. The molecule has 0 rings (SSSR count). The van der Waals surface area contributed by atoms with E-state index in [0.717, 1.165) is 0 Å². The first kappa shape index (κ1) is 9.61. The summed E-state index contributed by atoms with van der Waals surface area (Å²) in [5.41, 5.74) is 0. The van der Waals surface area contributed by atoms with Crippen molar-refractivity contribution in [3.8, 4) is 0 Å². The molecule has 0 heterocycles. The van der Waals surface area contributed by atoms with Crippen LogP contribution in [0.5, 0.6) is 0 Å². The van der Waals surface area contributed by atoms with Gasteiger partial charge in [0.1, 0.15) is 0 Å². The Morgan fingerprint density at radius 3 is 1.44 bits per heavy atom. The Hall–Kier alpha value is 0.608. The van der Waals surface area contributed by atoms with E-state index in [2.05, 4.69) is 0 Å². The molecule has 0 aliphatic rings. The fraction of sp³-hybridized carbons (Fsp3) is 1.00. The van der Waals surface area contributed by atoms with Crippen LogP contribution in [0.1, 0.15) is 27.7 Å². The summed E-state index contributed by atoms with van der Waals surface area (Å²) >= 11 is -0.614. The van der Waals surface area contributed by atoms with Crippen LogP contribution in [0.2, 0.25) is 0 Å². The number of rotatable bonds is 4. The van der Waals surface area contributed by atoms with Gasteiger partial charge >= 0.3 is 66.0 Å². The van der Waals surface area contributed by atoms with E-state index >= 15 is 0 Å². The van der Waals surface area contributed by atoms with Gasteiger partial charge in [0.05, 0.1) is 0 Å². The zero-order valence-electron chi connectivity index (χ0n) is 6.38. The molecule has 2 nitrogen and oxygen atoms in total. The molecule has 0 saturated carbocycles. The van der Waals surface area contributed by atoms with E-state index < -0.39 is 19.3 Å². The molecule has 0 aromatic carbocycles. The molecule has 0 saturated heterocycles. The Morgan fingerprint density at radius 2 is 1.22 bits per heavy atom. The van der Waals surface area contributed by atoms with Crippen molar-refractivity contribution in [3.05, 3.63) is 0 Å². The fourth-order valence-corrected chi connectivity index (χ4v) is 1.06. The van der Waals surface area contributed by atoms with E-state index in [1.807, 2.05) is 27.7 Å². The molecule has 0 radical (unpaired) electrons. The quantitative estimate of drug-likeness (QED) is 0.663. The Balaban J connectivity index is 2.91. The first-order chi connectivity index (χ1) is 4.13. The van der Waals surface area contributed by atoms with Gasteiger partial charge in [0, 0.05) is 0 Å². The van der Waals surface area contributed by atoms with Crippen molar-refractivity contribution in [1.29, 1.82) is 0 Å². The second kappa shape index (κ2) is 5.40. The van der Waals surface area contributed by atoms with Crippen LogP contribution < -0.4 is 0 Å². The van der Waals surface area contributed by atoms with Crippen molar-refractivity contribution < 1.29 is 26.1 Å². The van der Waals surface area contributed by atoms with Crippen molar-refractivity contribution in [1.82, 2.24) is 0 Å². The monoisotopic (exact) mass is 216 g/mol. The molecule has 0 unspecified atom stereocenters. The molecule has 0 bridgehead atoms. The van der Waals surface area contributed by atoms with Crippen LogP contribution >= 0.6 is 0 Å². The Labute approximate surface area is 66.4 Å². The summed E-state index contributed by atoms with van der Waals surface area (Å²) in [6.45, 7) is 8.09. The van der Waals surface area contributed by atoms with Gasteiger partial charge in [0.2, 0.25) is 0 Å². The van der Waals surface area contributed by atoms with E-state index in [1.165, 1.54) is 0 Å². The van der Waals surface area contributed by atoms with Gasteiger partial charge in [-0.05, 0) is 0 Å². The first-order valence-corrected chi connectivity index (χ1v) is 4.75. The van der Waals surface area contributed by atoms with Crippen molar-refractivity contribution in [2.75, 3.05) is 0 Å². The topological polar surface area (TPSA) is 18.5 Å². The summed E-state index contributed by atoms with van der Waals surface area (Å²) in [7, 11) is 0. The van der Waals surface area contributed by atoms with E-state index in [1.54, 1.807) is 0 Å². The standard InChI is InChI=1S/2C3H7O.Mo/c2*1-3(2)4;/h2*3H,1-2H3;/q2*-1;+2. The van der Waals surface area contributed by atoms with Crippen LogP contribution in [0.3, 0.4) is 0 Å². The molecule has 0 N–H and O–H groups in total. The molecule has 3 heteroatoms. The molecule has 0 spiro atoms. The molecule has 0 aromatic heterocycles. The number of hydrogen-bond acceptors (Lipinski definition) is 2. The Morgan fingerprint density at radius 1 is 0.889 bits per heavy atom. The van der Waals surface area contributed by atoms with Crippen molar-refractivity contribution in [2.45, 2.75) is 39.9 Å². The first-order valence-electron chi connectivity index (χ1n) is 3.11. The SMILES string of the molecule is CC(C)[O][Mo][O]C(C)C. The minimum atomic E-state index is -0.614. The third kappa shape index (κ3) is 8.61. The van der Waals surface area contributed by atoms with Gasteiger partial charge in [-0.2, -0.15) is 0 Å². The Kier molecular flexibility index (Phi) is 5.76. The summed E-state index contributed by atoms with van der Waals surface area (Å²) < 4.78 is 10.5. The van der Waals surface area contributed by atoms with Gasteiger partial charge in [0.15, 0.2) is 0 Å². The summed E-state index contributed by atoms with van der Waals surface area (Å²) in [5.74, 6) is 0. The van der Waals surface area contributed by atoms with Crippen molar-refractivity contribution >= 4 is 0 Å². The minimum absolute atomic E-state index is 0.325. The predicted octanol–water partition coefficient (Wildman–Crippen LogP) is 1.75. The van der Waals surface area contributed by atoms with Crippen LogP contribution in [0.4, 0.5) is 0 Å². The zero-order valence-corrected chi connectivity index (χ0v) is 8.39. The van der Waals surface area contributed by atoms with Crippen LogP contribution in [-0.2, 0) is 26.1 Å².